The van der Waals surface area contributed by atoms with Crippen LogP contribution in [0, 0.1) is 0 Å². The Kier molecular flexibility index (Phi) is 30.3. The number of carbonyl (C=O) groups excluding carboxylic acids is 2. The molecule has 20 rings (SSSR count). The number of nitrogens with zero attached hydrogens (tertiary/aromatic N) is 6. The van der Waals surface area contributed by atoms with Crippen molar-refractivity contribution in [3.05, 3.63) is 428 Å². The molecule has 12 aromatic carbocycles. The van der Waals surface area contributed by atoms with Crippen molar-refractivity contribution in [2.75, 3.05) is 25.0 Å². The first-order valence-electron chi connectivity index (χ1n) is 48.2. The number of sulfone groups is 3. The summed E-state index contributed by atoms with van der Waals surface area (Å²) in [5.41, 5.74) is 28.6. The summed E-state index contributed by atoms with van der Waals surface area (Å²) < 4.78 is 84.1. The largest absolute Gasteiger partial charge is 0.451 e. The summed E-state index contributed by atoms with van der Waals surface area (Å²) in [7, 11) is -9.90. The van der Waals surface area contributed by atoms with Crippen molar-refractivity contribution in [2.45, 2.75) is 138 Å². The highest BCUT2D eigenvalue weighted by Gasteiger charge is 2.44. The molecule has 0 fully saturated rings. The number of ether oxygens (including phenoxy) is 2. The number of carbonyl (C=O) groups is 2. The van der Waals surface area contributed by atoms with Crippen LogP contribution in [0.4, 0.5) is 0 Å². The summed E-state index contributed by atoms with van der Waals surface area (Å²) in [6, 6.07) is 99.7. The van der Waals surface area contributed by atoms with Crippen LogP contribution in [-0.4, -0.2) is 103 Å². The van der Waals surface area contributed by atoms with E-state index in [2.05, 4.69) is 246 Å². The third-order valence-electron chi connectivity index (χ3n) is 26.2. The molecule has 8 heterocycles. The molecule has 0 amide bonds. The topological polar surface area (TPSA) is 232 Å². The summed E-state index contributed by atoms with van der Waals surface area (Å²) in [6.07, 6.45) is 22.2. The van der Waals surface area contributed by atoms with E-state index in [1.807, 2.05) is 144 Å². The SMILES string of the molecule is CC(C)c1cc(-c2cccc(/C=C(/c3ccc(S(C)(=O)=O)cc3)c3cncnc3)c2)c2ncccc2c1.CC(C)c1cc(-c2cccc(/C=C(\c3ccc(S(C)(=O)=O)cc3)c3ccc(Cl)s3)c2)c2ncccc2c1.CC(C)c1cc(-c2cccc(C3=C(c4ccc(S(C)(=O)=O)cc4)C(=O)OC3(C)C)c2)c2ncccc2c1.CSc1ccc(C2=C(c3cccc(-c4cc(C(C)C)cc5cccnc45)c3)C(C)(C)OC2=O)cc1. The van der Waals surface area contributed by atoms with Gasteiger partial charge in [-0.3, -0.25) is 19.9 Å². The second-order valence-corrected chi connectivity index (χ2v) is 47.5. The molecule has 0 aliphatic carbocycles. The second kappa shape index (κ2) is 43.0. The molecule has 16 nitrogen and oxygen atoms in total. The Hall–Kier alpha value is -14.6. The van der Waals surface area contributed by atoms with Crippen LogP contribution in [0.5, 0.6) is 0 Å². The molecule has 0 unspecified atom stereocenters. The fourth-order valence-corrected chi connectivity index (χ4v) is 22.0. The van der Waals surface area contributed by atoms with Gasteiger partial charge in [0.1, 0.15) is 17.5 Å². The smallest absolute Gasteiger partial charge is 0.340 e. The highest BCUT2D eigenvalue weighted by atomic mass is 35.5. The van der Waals surface area contributed by atoms with Gasteiger partial charge in [-0.1, -0.05) is 213 Å². The van der Waals surface area contributed by atoms with Gasteiger partial charge in [-0.2, -0.15) is 0 Å². The molecule has 0 saturated heterocycles. The minimum atomic E-state index is -3.35. The van der Waals surface area contributed by atoms with Crippen molar-refractivity contribution in [3.63, 3.8) is 0 Å². The van der Waals surface area contributed by atoms with Gasteiger partial charge < -0.3 is 9.47 Å². The molecule has 0 N–H and O–H groups in total. The molecule has 6 aromatic heterocycles. The summed E-state index contributed by atoms with van der Waals surface area (Å²) in [5, 5.41) is 4.47. The Morgan fingerprint density at radius 2 is 0.664 bits per heavy atom. The number of halogens is 1. The lowest BCUT2D eigenvalue weighted by molar-refractivity contribution is -0.143. The number of aromatic nitrogens is 6. The number of benzene rings is 12. The van der Waals surface area contributed by atoms with Crippen molar-refractivity contribution < 1.29 is 44.3 Å². The van der Waals surface area contributed by atoms with Gasteiger partial charge >= 0.3 is 11.9 Å². The Balaban J connectivity index is 0.000000133. The average molecular weight is 2040 g/mol. The number of hydrogen-bond donors (Lipinski definition) is 0. The molecule has 18 aromatic rings. The lowest BCUT2D eigenvalue weighted by atomic mass is 9.85. The van der Waals surface area contributed by atoms with Gasteiger partial charge in [0.15, 0.2) is 29.5 Å². The van der Waals surface area contributed by atoms with Gasteiger partial charge in [0.2, 0.25) is 0 Å². The number of cyclic esters (lactones) is 2. The minimum absolute atomic E-state index is 0.204. The summed E-state index contributed by atoms with van der Waals surface area (Å²) in [6.45, 7) is 25.3. The molecule has 0 saturated carbocycles. The Bertz CT molecular complexity index is 8590. The van der Waals surface area contributed by atoms with E-state index >= 15 is 0 Å². The van der Waals surface area contributed by atoms with Crippen LogP contribution in [0.15, 0.2) is 366 Å². The third-order valence-corrected chi connectivity index (χ3v) is 31.6. The van der Waals surface area contributed by atoms with Crippen LogP contribution in [0.3, 0.4) is 0 Å². The maximum absolute atomic E-state index is 13.1. The molecular weight excluding hydrogens is 1930 g/mol. The van der Waals surface area contributed by atoms with Gasteiger partial charge in [-0.05, 0) is 328 Å². The van der Waals surface area contributed by atoms with Crippen molar-refractivity contribution in [1.82, 2.24) is 29.9 Å². The monoisotopic (exact) mass is 2040 g/mol. The quantitative estimate of drug-likeness (QED) is 0.0348. The second-order valence-electron chi connectivity index (χ2n) is 38.9. The first kappa shape index (κ1) is 103. The lowest BCUT2D eigenvalue weighted by Gasteiger charge is -2.22. The fraction of sp³-hybridized carbons (Fsp3) is 0.177. The Morgan fingerprint density at radius 1 is 0.349 bits per heavy atom. The van der Waals surface area contributed by atoms with Gasteiger partial charge in [0, 0.05) is 126 Å². The van der Waals surface area contributed by atoms with E-state index < -0.39 is 46.7 Å². The molecular formula is C124H111ClN6O10S5. The number of rotatable bonds is 22. The average Bonchev–Trinajstić information content (AvgIpc) is 1.60. The van der Waals surface area contributed by atoms with Crippen LogP contribution in [-0.2, 0) is 48.6 Å². The van der Waals surface area contributed by atoms with Crippen molar-refractivity contribution in [3.8, 4) is 44.5 Å². The minimum Gasteiger partial charge on any atom is -0.451 e. The maximum atomic E-state index is 13.1. The van der Waals surface area contributed by atoms with Crippen LogP contribution in [0.25, 0.3) is 134 Å². The number of fused-ring (bicyclic) bond motifs is 4. The van der Waals surface area contributed by atoms with E-state index in [0.29, 0.717) is 49.6 Å². The first-order valence-corrected chi connectivity index (χ1v) is 56.3. The first-order chi connectivity index (χ1) is 69.7. The highest BCUT2D eigenvalue weighted by Crippen LogP contribution is 2.49. The zero-order valence-electron chi connectivity index (χ0n) is 84.1. The van der Waals surface area contributed by atoms with Gasteiger partial charge in [-0.15, -0.1) is 23.1 Å². The zero-order chi connectivity index (χ0) is 103. The zero-order valence-corrected chi connectivity index (χ0v) is 88.9. The summed E-state index contributed by atoms with van der Waals surface area (Å²) >= 11 is 9.47. The molecule has 0 atom stereocenters. The van der Waals surface area contributed by atoms with E-state index in [1.54, 1.807) is 66.8 Å². The van der Waals surface area contributed by atoms with E-state index in [4.69, 9.17) is 36.0 Å². The van der Waals surface area contributed by atoms with Crippen LogP contribution in [0.1, 0.15) is 184 Å². The lowest BCUT2D eigenvalue weighted by Crippen LogP contribution is -2.22. The van der Waals surface area contributed by atoms with E-state index in [-0.39, 0.29) is 15.8 Å². The molecule has 2 aliphatic heterocycles. The number of thioether (sulfide) groups is 1. The van der Waals surface area contributed by atoms with Crippen molar-refractivity contribution in [1.29, 1.82) is 0 Å². The van der Waals surface area contributed by atoms with Crippen molar-refractivity contribution in [2.24, 2.45) is 0 Å². The van der Waals surface area contributed by atoms with Crippen LogP contribution in [0.2, 0.25) is 4.34 Å². The predicted octanol–water partition coefficient (Wildman–Crippen LogP) is 30.2. The molecule has 22 heteroatoms. The number of thiophene rings is 1. The normalized spacial score (nSPS) is 13.8. The maximum Gasteiger partial charge on any atom is 0.340 e. The van der Waals surface area contributed by atoms with Gasteiger partial charge in [-0.25, -0.2) is 44.8 Å². The van der Waals surface area contributed by atoms with E-state index in [9.17, 15) is 34.8 Å². The predicted molar refractivity (Wildman–Crippen MR) is 601 cm³/mol. The van der Waals surface area contributed by atoms with Crippen LogP contribution >= 0.6 is 34.7 Å². The Labute approximate surface area is 868 Å². The fourth-order valence-electron chi connectivity index (χ4n) is 18.6. The third kappa shape index (κ3) is 23.0. The number of esters is 2. The summed E-state index contributed by atoms with van der Waals surface area (Å²) in [4.78, 5) is 56.3. The van der Waals surface area contributed by atoms with Gasteiger partial charge in [0.05, 0.1) is 52.2 Å². The molecule has 0 radical (unpaired) electrons. The van der Waals surface area contributed by atoms with Gasteiger partial charge in [0.25, 0.3) is 0 Å². The standard InChI is InChI=1S/C31H26ClNO2S2.C31H27N3O2S.C31H29NO4S.C31H29NO2S/c1-20(2)25-18-24-8-5-15-33-31(24)28(19-25)23-7-4-6-21(16-23)17-27(29-13-14-30(32)36-29)22-9-11-26(12-10-22)37(3,34)35;1-21(2)26-16-25-8-5-13-34-31(25)30(17-26)24-7-4-6-22(14-24)15-29(27-18-32-20-33-19-27)23-9-11-28(12-10-23)37(3,35)36;1-19(2)24-17-23-10-7-15-32-29(23)26(18-24)21-8-6-9-22(16-21)28-27(30(33)36-31(28,3)4)20-11-13-25(14-12-20)37(5,34)35;1-19(2)24-17-23-10-7-15-32-29(23)26(18-24)21-8-6-9-22(16-21)28-27(30(33)34-31(28,3)4)20-11-13-25(35-5)14-12-20/h4-20H,1-3H3;4-21H,1-3H3;6-19H,1-5H3;6-19H,1-5H3/b27-17+;29-15-;;. The molecule has 0 spiro atoms. The van der Waals surface area contributed by atoms with E-state index in [1.165, 1.54) is 64.6 Å². The molecule has 0 bridgehead atoms. The molecule has 2 aliphatic rings. The molecule has 734 valence electrons. The molecule has 146 heavy (non-hydrogen) atoms. The van der Waals surface area contributed by atoms with Crippen molar-refractivity contribution >= 4 is 165 Å². The van der Waals surface area contributed by atoms with Crippen LogP contribution < -0.4 is 0 Å². The Morgan fingerprint density at radius 3 is 0.993 bits per heavy atom. The highest BCUT2D eigenvalue weighted by molar-refractivity contribution is 7.98. The van der Waals surface area contributed by atoms with E-state index in [0.717, 1.165) is 171 Å². The number of hydrogen-bond acceptors (Lipinski definition) is 18. The summed E-state index contributed by atoms with van der Waals surface area (Å²) in [5.74, 6) is 0.852. The number of pyridine rings is 4.